The minimum Gasteiger partial charge on any atom is -0.486 e. The van der Waals surface area contributed by atoms with E-state index in [1.165, 1.54) is 113 Å². The number of nitrogen functional groups attached to an aromatic ring is 1. The number of aliphatic hydroxyl groups excluding tert-OH is 2. The lowest BCUT2D eigenvalue weighted by molar-refractivity contribution is -0.0651. The van der Waals surface area contributed by atoms with Crippen molar-refractivity contribution in [3.8, 4) is 17.9 Å². The first-order chi connectivity index (χ1) is 27.1. The lowest BCUT2D eigenvalue weighted by atomic mass is 9.92. The van der Waals surface area contributed by atoms with E-state index in [4.69, 9.17) is 29.0 Å². The average Bonchev–Trinajstić information content (AvgIpc) is 3.75. The van der Waals surface area contributed by atoms with Gasteiger partial charge in [-0.1, -0.05) is 109 Å². The number of anilines is 1. The molecule has 1 saturated heterocycles. The minimum absolute atomic E-state index is 0.0379. The number of hydrogen-bond acceptors (Lipinski definition) is 13. The van der Waals surface area contributed by atoms with E-state index in [-0.39, 0.29) is 18.1 Å². The highest BCUT2D eigenvalue weighted by Crippen LogP contribution is 2.46. The fourth-order valence-electron chi connectivity index (χ4n) is 6.85. The highest BCUT2D eigenvalue weighted by Gasteiger charge is 2.58. The number of nitrogens with two attached hydrogens (primary N) is 1. The average molecular weight is 799 g/mol. The van der Waals surface area contributed by atoms with Crippen LogP contribution in [0.2, 0.25) is 0 Å². The SMILES string of the molecule is CCCCCCCCCCCCCCCCCCOC[C@H](COP(=O)(O)OC[C@H]1O[C@@](C#N)(c2ccc3c(N)ncnn23)[C@H](O)[C@@H]1O)Oc1cccc(C#N)c1. The standard InChI is InChI=1S/C40H59N6O9P/c1-2-3-4-5-6-7-8-9-10-11-12-13-14-15-16-17-23-51-26-33(54-32-20-18-19-31(24-32)25-41)27-52-56(49,50)53-28-35-37(47)38(48)40(29-42,55-35)36-22-21-34-39(43)44-30-45-46(34)36/h18-22,24,30,33,35,37-38,47-48H,2-17,23,26-28H2,1H3,(H,49,50)(H2,43,44,45)/t33-,35-,37-,38-,40+/m1/s1. The summed E-state index contributed by atoms with van der Waals surface area (Å²) in [5.41, 5.74) is 4.59. The molecule has 1 aliphatic heterocycles. The van der Waals surface area contributed by atoms with Crippen LogP contribution in [-0.4, -0.2) is 80.5 Å². The van der Waals surface area contributed by atoms with Crippen LogP contribution in [0.25, 0.3) is 5.52 Å². The van der Waals surface area contributed by atoms with Crippen LogP contribution in [0.5, 0.6) is 5.75 Å². The van der Waals surface area contributed by atoms with Crippen LogP contribution in [-0.2, 0) is 28.7 Å². The van der Waals surface area contributed by atoms with Crippen LogP contribution in [0.3, 0.4) is 0 Å². The molecule has 16 heteroatoms. The molecular formula is C40H59N6O9P. The Morgan fingerprint density at radius 1 is 0.929 bits per heavy atom. The van der Waals surface area contributed by atoms with Gasteiger partial charge in [-0.2, -0.15) is 15.6 Å². The molecule has 0 spiro atoms. The Morgan fingerprint density at radius 2 is 1.57 bits per heavy atom. The molecule has 0 radical (unpaired) electrons. The number of rotatable bonds is 28. The van der Waals surface area contributed by atoms with Crippen molar-refractivity contribution in [2.24, 2.45) is 0 Å². The van der Waals surface area contributed by atoms with Gasteiger partial charge in [0.05, 0.1) is 37.1 Å². The molecule has 3 heterocycles. The zero-order chi connectivity index (χ0) is 40.2. The number of hydrogen-bond donors (Lipinski definition) is 4. The third kappa shape index (κ3) is 13.5. The number of nitriles is 2. The predicted octanol–water partition coefficient (Wildman–Crippen LogP) is 6.88. The van der Waals surface area contributed by atoms with Gasteiger partial charge in [0.25, 0.3) is 0 Å². The van der Waals surface area contributed by atoms with Gasteiger partial charge in [-0.25, -0.2) is 14.1 Å². The smallest absolute Gasteiger partial charge is 0.472 e. The molecule has 1 fully saturated rings. The van der Waals surface area contributed by atoms with Gasteiger partial charge in [0.2, 0.25) is 5.60 Å². The summed E-state index contributed by atoms with van der Waals surface area (Å²) >= 11 is 0. The normalized spacial score (nSPS) is 21.1. The summed E-state index contributed by atoms with van der Waals surface area (Å²) < 4.78 is 42.4. The molecule has 1 unspecified atom stereocenters. The van der Waals surface area contributed by atoms with E-state index in [1.54, 1.807) is 18.2 Å². The third-order valence-electron chi connectivity index (χ3n) is 10.0. The number of benzene rings is 1. The molecular weight excluding hydrogens is 739 g/mol. The monoisotopic (exact) mass is 798 g/mol. The quantitative estimate of drug-likeness (QED) is 0.0434. The first-order valence-electron chi connectivity index (χ1n) is 20.0. The third-order valence-corrected chi connectivity index (χ3v) is 11.0. The van der Waals surface area contributed by atoms with E-state index >= 15 is 0 Å². The van der Waals surface area contributed by atoms with E-state index in [0.29, 0.717) is 23.4 Å². The van der Waals surface area contributed by atoms with E-state index in [0.717, 1.165) is 19.3 Å². The first-order valence-corrected chi connectivity index (χ1v) is 21.5. The van der Waals surface area contributed by atoms with E-state index in [9.17, 15) is 30.2 Å². The summed E-state index contributed by atoms with van der Waals surface area (Å²) in [5, 5.41) is 45.3. The maximum atomic E-state index is 13.0. The summed E-state index contributed by atoms with van der Waals surface area (Å²) in [5.74, 6) is 0.475. The number of phosphoric acid groups is 1. The van der Waals surface area contributed by atoms with E-state index < -0.39 is 51.1 Å². The van der Waals surface area contributed by atoms with Crippen molar-refractivity contribution in [2.75, 3.05) is 32.2 Å². The summed E-state index contributed by atoms with van der Waals surface area (Å²) in [4.78, 5) is 14.5. The van der Waals surface area contributed by atoms with Gasteiger partial charge >= 0.3 is 7.82 Å². The lowest BCUT2D eigenvalue weighted by Gasteiger charge is -2.24. The van der Waals surface area contributed by atoms with Gasteiger partial charge < -0.3 is 35.1 Å². The molecule has 56 heavy (non-hydrogen) atoms. The fourth-order valence-corrected chi connectivity index (χ4v) is 7.61. The second-order valence-corrected chi connectivity index (χ2v) is 15.9. The summed E-state index contributed by atoms with van der Waals surface area (Å²) in [6.07, 6.45) is 15.8. The Bertz CT molecular complexity index is 1750. The lowest BCUT2D eigenvalue weighted by Crippen LogP contribution is -2.41. The van der Waals surface area contributed by atoms with Crippen LogP contribution in [0, 0.1) is 22.7 Å². The van der Waals surface area contributed by atoms with Crippen LogP contribution in [0.15, 0.2) is 42.7 Å². The van der Waals surface area contributed by atoms with Crippen LogP contribution in [0.1, 0.15) is 121 Å². The summed E-state index contributed by atoms with van der Waals surface area (Å²) in [6.45, 7) is 1.64. The Labute approximate surface area is 330 Å². The molecule has 5 N–H and O–H groups in total. The number of fused-ring (bicyclic) bond motifs is 1. The van der Waals surface area contributed by atoms with Crippen molar-refractivity contribution in [3.05, 3.63) is 54.0 Å². The van der Waals surface area contributed by atoms with Crippen molar-refractivity contribution in [1.82, 2.24) is 14.6 Å². The molecule has 1 aromatic carbocycles. The molecule has 1 aliphatic rings. The molecule has 6 atom stereocenters. The van der Waals surface area contributed by atoms with Crippen LogP contribution >= 0.6 is 7.82 Å². The maximum Gasteiger partial charge on any atom is 0.472 e. The highest BCUT2D eigenvalue weighted by atomic mass is 31.2. The molecule has 0 amide bonds. The second-order valence-electron chi connectivity index (χ2n) is 14.4. The minimum atomic E-state index is -4.79. The molecule has 308 valence electrons. The van der Waals surface area contributed by atoms with Gasteiger partial charge in [-0.15, -0.1) is 0 Å². The van der Waals surface area contributed by atoms with Crippen molar-refractivity contribution < 1.29 is 42.9 Å². The largest absolute Gasteiger partial charge is 0.486 e. The zero-order valence-electron chi connectivity index (χ0n) is 32.5. The van der Waals surface area contributed by atoms with Gasteiger partial charge in [0.15, 0.2) is 5.82 Å². The van der Waals surface area contributed by atoms with Gasteiger partial charge in [0, 0.05) is 6.61 Å². The molecule has 3 aromatic rings. The number of nitrogens with zero attached hydrogens (tertiary/aromatic N) is 5. The predicted molar refractivity (Wildman–Crippen MR) is 209 cm³/mol. The zero-order valence-corrected chi connectivity index (χ0v) is 33.4. The van der Waals surface area contributed by atoms with Crippen LogP contribution < -0.4 is 10.5 Å². The number of phosphoric ester groups is 1. The fraction of sp³-hybridized carbons (Fsp3) is 0.650. The maximum absolute atomic E-state index is 13.0. The first kappa shape index (κ1) is 45.1. The molecule has 0 saturated carbocycles. The molecule has 0 bridgehead atoms. The Kier molecular flexibility index (Phi) is 19.0. The second kappa shape index (κ2) is 23.6. The highest BCUT2D eigenvalue weighted by molar-refractivity contribution is 7.47. The number of aromatic nitrogens is 3. The molecule has 15 nitrogen and oxygen atoms in total. The molecule has 0 aliphatic carbocycles. The Balaban J connectivity index is 1.18. The van der Waals surface area contributed by atoms with Crippen molar-refractivity contribution in [2.45, 2.75) is 140 Å². The van der Waals surface area contributed by atoms with E-state index in [2.05, 4.69) is 23.1 Å². The van der Waals surface area contributed by atoms with Gasteiger partial charge in [0.1, 0.15) is 48.1 Å². The molecule has 2 aromatic heterocycles. The van der Waals surface area contributed by atoms with Crippen molar-refractivity contribution >= 4 is 19.2 Å². The van der Waals surface area contributed by atoms with E-state index in [1.807, 2.05) is 6.07 Å². The Morgan fingerprint density at radius 3 is 2.20 bits per heavy atom. The number of unbranched alkanes of at least 4 members (excludes halogenated alkanes) is 15. The topological polar surface area (TPSA) is 228 Å². The summed E-state index contributed by atoms with van der Waals surface area (Å²) in [6, 6.07) is 13.4. The van der Waals surface area contributed by atoms with Crippen molar-refractivity contribution in [3.63, 3.8) is 0 Å². The van der Waals surface area contributed by atoms with Crippen LogP contribution in [0.4, 0.5) is 5.82 Å². The number of aliphatic hydroxyl groups is 2. The van der Waals surface area contributed by atoms with Crippen molar-refractivity contribution in [1.29, 1.82) is 10.5 Å². The molecule has 4 rings (SSSR count). The van der Waals surface area contributed by atoms with Gasteiger partial charge in [-0.05, 0) is 36.8 Å². The number of ether oxygens (including phenoxy) is 3. The Hall–Kier alpha value is -3.63. The summed E-state index contributed by atoms with van der Waals surface area (Å²) in [7, 11) is -4.79. The van der Waals surface area contributed by atoms with Gasteiger partial charge in [-0.3, -0.25) is 9.05 Å².